The molecule has 1 aromatic heterocycles. The Bertz CT molecular complexity index is 1090. The van der Waals surface area contributed by atoms with Gasteiger partial charge in [-0.25, -0.2) is 0 Å². The predicted octanol–water partition coefficient (Wildman–Crippen LogP) is 3.11. The van der Waals surface area contributed by atoms with Crippen molar-refractivity contribution in [3.63, 3.8) is 0 Å². The van der Waals surface area contributed by atoms with Gasteiger partial charge in [0, 0.05) is 39.3 Å². The molecular weight excluding hydrogens is 450 g/mol. The maximum atomic E-state index is 12.5. The van der Waals surface area contributed by atoms with E-state index in [0.717, 1.165) is 54.8 Å². The van der Waals surface area contributed by atoms with Crippen LogP contribution in [0.1, 0.15) is 31.5 Å². The zero-order chi connectivity index (χ0) is 23.9. The molecule has 1 amide bonds. The number of ether oxygens (including phenoxy) is 2. The van der Waals surface area contributed by atoms with Crippen LogP contribution in [0.3, 0.4) is 0 Å². The number of aryl methyl sites for hydroxylation is 1. The van der Waals surface area contributed by atoms with E-state index in [9.17, 15) is 4.79 Å². The summed E-state index contributed by atoms with van der Waals surface area (Å²) in [5.74, 6) is 1.33. The second kappa shape index (κ2) is 11.4. The Morgan fingerprint density at radius 1 is 0.912 bits per heavy atom. The third kappa shape index (κ3) is 6.31. The van der Waals surface area contributed by atoms with Gasteiger partial charge in [-0.3, -0.25) is 14.6 Å². The highest BCUT2D eigenvalue weighted by Crippen LogP contribution is 2.28. The fourth-order valence-corrected chi connectivity index (χ4v) is 4.71. The predicted molar refractivity (Wildman–Crippen MR) is 132 cm³/mol. The number of carbonyl (C=O) groups excluding carboxylic acids is 1. The zero-order valence-electron chi connectivity index (χ0n) is 19.9. The van der Waals surface area contributed by atoms with Gasteiger partial charge in [-0.05, 0) is 30.2 Å². The van der Waals surface area contributed by atoms with Gasteiger partial charge in [-0.15, -0.1) is 10.2 Å². The first-order chi connectivity index (χ1) is 16.5. The van der Waals surface area contributed by atoms with E-state index in [4.69, 9.17) is 9.47 Å². The molecule has 1 fully saturated rings. The third-order valence-corrected chi connectivity index (χ3v) is 6.82. The summed E-state index contributed by atoms with van der Waals surface area (Å²) < 4.78 is 10.7. The summed E-state index contributed by atoms with van der Waals surface area (Å²) >= 11 is 1.37. The lowest BCUT2D eigenvalue weighted by Gasteiger charge is -2.34. The van der Waals surface area contributed by atoms with E-state index < -0.39 is 0 Å². The lowest BCUT2D eigenvalue weighted by Crippen LogP contribution is -2.45. The monoisotopic (exact) mass is 481 g/mol. The Balaban J connectivity index is 1.23. The van der Waals surface area contributed by atoms with Crippen molar-refractivity contribution in [3.05, 3.63) is 69.2 Å². The Morgan fingerprint density at radius 3 is 2.24 bits per heavy atom. The SMILES string of the molecule is COc1ccc(CN2CCN(Cc3nnc(C(=O)NCc4ccc(C)cc4)s3)CC2)cc1OC. The van der Waals surface area contributed by atoms with Gasteiger partial charge in [0.05, 0.1) is 20.8 Å². The minimum Gasteiger partial charge on any atom is -0.493 e. The Labute approximate surface area is 204 Å². The molecule has 0 spiro atoms. The van der Waals surface area contributed by atoms with Crippen LogP contribution < -0.4 is 14.8 Å². The zero-order valence-corrected chi connectivity index (χ0v) is 20.7. The van der Waals surface area contributed by atoms with Gasteiger partial charge in [0.15, 0.2) is 11.5 Å². The highest BCUT2D eigenvalue weighted by molar-refractivity contribution is 7.13. The summed E-state index contributed by atoms with van der Waals surface area (Å²) in [6.07, 6.45) is 0. The number of methoxy groups -OCH3 is 2. The van der Waals surface area contributed by atoms with E-state index in [2.05, 4.69) is 31.4 Å². The van der Waals surface area contributed by atoms with Gasteiger partial charge < -0.3 is 14.8 Å². The number of carbonyl (C=O) groups is 1. The first kappa shape index (κ1) is 24.1. The molecule has 0 radical (unpaired) electrons. The van der Waals surface area contributed by atoms with Gasteiger partial charge in [0.25, 0.3) is 5.91 Å². The van der Waals surface area contributed by atoms with Crippen LogP contribution >= 0.6 is 11.3 Å². The summed E-state index contributed by atoms with van der Waals surface area (Å²) in [5.41, 5.74) is 3.47. The van der Waals surface area contributed by atoms with Crippen LogP contribution in [0, 0.1) is 6.92 Å². The molecule has 8 nitrogen and oxygen atoms in total. The molecule has 1 N–H and O–H groups in total. The number of benzene rings is 2. The quantitative estimate of drug-likeness (QED) is 0.503. The molecule has 1 saturated heterocycles. The van der Waals surface area contributed by atoms with Crippen molar-refractivity contribution in [2.24, 2.45) is 0 Å². The molecule has 3 aromatic rings. The summed E-state index contributed by atoms with van der Waals surface area (Å²) in [6.45, 7) is 7.95. The standard InChI is InChI=1S/C25H31N5O3S/c1-18-4-6-19(7-5-18)15-26-24(31)25-28-27-23(34-25)17-30-12-10-29(11-13-30)16-20-8-9-21(32-2)22(14-20)33-3/h4-9,14H,10-13,15-17H2,1-3H3,(H,26,31). The van der Waals surface area contributed by atoms with E-state index in [1.165, 1.54) is 22.5 Å². The number of hydrogen-bond donors (Lipinski definition) is 1. The van der Waals surface area contributed by atoms with Crippen molar-refractivity contribution in [2.75, 3.05) is 40.4 Å². The van der Waals surface area contributed by atoms with Crippen LogP contribution in [0.25, 0.3) is 0 Å². The van der Waals surface area contributed by atoms with Gasteiger partial charge in [0.1, 0.15) is 5.01 Å². The maximum absolute atomic E-state index is 12.5. The van der Waals surface area contributed by atoms with Crippen molar-refractivity contribution in [1.29, 1.82) is 0 Å². The largest absolute Gasteiger partial charge is 0.493 e. The molecule has 1 aliphatic heterocycles. The lowest BCUT2D eigenvalue weighted by molar-refractivity contribution is 0.0950. The molecule has 4 rings (SSSR count). The van der Waals surface area contributed by atoms with E-state index in [-0.39, 0.29) is 5.91 Å². The Kier molecular flexibility index (Phi) is 8.10. The molecule has 0 aliphatic carbocycles. The van der Waals surface area contributed by atoms with E-state index in [1.807, 2.05) is 43.3 Å². The van der Waals surface area contributed by atoms with E-state index in [1.54, 1.807) is 14.2 Å². The summed E-state index contributed by atoms with van der Waals surface area (Å²) in [7, 11) is 3.31. The fourth-order valence-electron chi connectivity index (χ4n) is 3.91. The van der Waals surface area contributed by atoms with Gasteiger partial charge in [-0.2, -0.15) is 0 Å². The molecule has 0 bridgehead atoms. The second-order valence-electron chi connectivity index (χ2n) is 8.41. The van der Waals surface area contributed by atoms with Crippen molar-refractivity contribution < 1.29 is 14.3 Å². The average molecular weight is 482 g/mol. The maximum Gasteiger partial charge on any atom is 0.282 e. The van der Waals surface area contributed by atoms with Crippen LogP contribution in [-0.4, -0.2) is 66.3 Å². The van der Waals surface area contributed by atoms with Crippen molar-refractivity contribution in [2.45, 2.75) is 26.6 Å². The smallest absolute Gasteiger partial charge is 0.282 e. The topological polar surface area (TPSA) is 79.8 Å². The number of amides is 1. The first-order valence-corrected chi connectivity index (χ1v) is 12.2. The molecule has 2 aromatic carbocycles. The number of piperazine rings is 1. The van der Waals surface area contributed by atoms with Crippen LogP contribution in [0.5, 0.6) is 11.5 Å². The fraction of sp³-hybridized carbons (Fsp3) is 0.400. The molecular formula is C25H31N5O3S. The summed E-state index contributed by atoms with van der Waals surface area (Å²) in [6, 6.07) is 14.2. The van der Waals surface area contributed by atoms with Crippen molar-refractivity contribution in [3.8, 4) is 11.5 Å². The third-order valence-electron chi connectivity index (χ3n) is 5.91. The molecule has 180 valence electrons. The highest BCUT2D eigenvalue weighted by Gasteiger charge is 2.20. The minimum absolute atomic E-state index is 0.177. The molecule has 1 aliphatic rings. The molecule has 0 saturated carbocycles. The molecule has 0 atom stereocenters. The van der Waals surface area contributed by atoms with Gasteiger partial charge >= 0.3 is 0 Å². The molecule has 9 heteroatoms. The molecule has 34 heavy (non-hydrogen) atoms. The summed E-state index contributed by atoms with van der Waals surface area (Å²) in [4.78, 5) is 17.2. The number of aromatic nitrogens is 2. The number of nitrogens with zero attached hydrogens (tertiary/aromatic N) is 4. The normalized spacial score (nSPS) is 14.7. The number of hydrogen-bond acceptors (Lipinski definition) is 8. The van der Waals surface area contributed by atoms with Crippen LogP contribution in [0.4, 0.5) is 0 Å². The Morgan fingerprint density at radius 2 is 1.56 bits per heavy atom. The van der Waals surface area contributed by atoms with E-state index >= 15 is 0 Å². The second-order valence-corrected chi connectivity index (χ2v) is 9.47. The van der Waals surface area contributed by atoms with Crippen molar-refractivity contribution >= 4 is 17.2 Å². The molecule has 2 heterocycles. The van der Waals surface area contributed by atoms with Crippen molar-refractivity contribution in [1.82, 2.24) is 25.3 Å². The average Bonchev–Trinajstić information content (AvgIpc) is 3.33. The van der Waals surface area contributed by atoms with Crippen LogP contribution in [0.15, 0.2) is 42.5 Å². The molecule has 0 unspecified atom stereocenters. The summed E-state index contributed by atoms with van der Waals surface area (Å²) in [5, 5.41) is 12.6. The van der Waals surface area contributed by atoms with Crippen LogP contribution in [0.2, 0.25) is 0 Å². The number of nitrogens with one attached hydrogen (secondary N) is 1. The van der Waals surface area contributed by atoms with Crippen LogP contribution in [-0.2, 0) is 19.6 Å². The number of rotatable bonds is 9. The minimum atomic E-state index is -0.177. The highest BCUT2D eigenvalue weighted by atomic mass is 32.1. The lowest BCUT2D eigenvalue weighted by atomic mass is 10.1. The van der Waals surface area contributed by atoms with Gasteiger partial charge in [-0.1, -0.05) is 47.2 Å². The Hall–Kier alpha value is -3.01. The first-order valence-electron chi connectivity index (χ1n) is 11.4. The van der Waals surface area contributed by atoms with Gasteiger partial charge in [0.2, 0.25) is 5.01 Å². The van der Waals surface area contributed by atoms with E-state index in [0.29, 0.717) is 18.1 Å².